The lowest BCUT2D eigenvalue weighted by atomic mass is 9.87. The Bertz CT molecular complexity index is 107. The Balaban J connectivity index is 2.39. The number of hydrogen-bond acceptors (Lipinski definition) is 1. The molecule has 1 atom stereocenters. The highest BCUT2D eigenvalue weighted by molar-refractivity contribution is 7.80. The second-order valence-electron chi connectivity index (χ2n) is 2.82. The molecular formula is C8H14S. The molecule has 0 aromatic heterocycles. The molecule has 1 saturated carbocycles. The second-order valence-corrected chi connectivity index (χ2v) is 3.34. The zero-order valence-corrected chi connectivity index (χ0v) is 6.84. The first-order valence-electron chi connectivity index (χ1n) is 3.87. The Morgan fingerprint density at radius 3 is 2.78 bits per heavy atom. The Hall–Kier alpha value is 0.0900. The van der Waals surface area contributed by atoms with Crippen LogP contribution in [0.1, 0.15) is 39.0 Å². The lowest BCUT2D eigenvalue weighted by molar-refractivity contribution is 0.522. The van der Waals surface area contributed by atoms with E-state index in [1.165, 1.54) is 37.0 Å². The average molecular weight is 142 g/mol. The maximum Gasteiger partial charge on any atom is -0.00407 e. The van der Waals surface area contributed by atoms with Gasteiger partial charge in [0.05, 0.1) is 0 Å². The SMILES string of the molecule is CCC1CCCCC1=S. The van der Waals surface area contributed by atoms with Crippen molar-refractivity contribution >= 4 is 17.1 Å². The van der Waals surface area contributed by atoms with Crippen molar-refractivity contribution in [1.29, 1.82) is 0 Å². The Morgan fingerprint density at radius 1 is 1.56 bits per heavy atom. The van der Waals surface area contributed by atoms with Crippen molar-refractivity contribution in [3.63, 3.8) is 0 Å². The topological polar surface area (TPSA) is 0 Å². The molecule has 1 aliphatic carbocycles. The molecule has 0 N–H and O–H groups in total. The molecular weight excluding hydrogens is 128 g/mol. The van der Waals surface area contributed by atoms with Crippen LogP contribution in [0.3, 0.4) is 0 Å². The lowest BCUT2D eigenvalue weighted by Crippen LogP contribution is -2.15. The number of thiocarbonyl (C=S) groups is 1. The van der Waals surface area contributed by atoms with Gasteiger partial charge in [-0.25, -0.2) is 0 Å². The van der Waals surface area contributed by atoms with Crippen LogP contribution in [-0.2, 0) is 0 Å². The van der Waals surface area contributed by atoms with E-state index in [0.29, 0.717) is 0 Å². The summed E-state index contributed by atoms with van der Waals surface area (Å²) in [6.07, 6.45) is 6.58. The fourth-order valence-corrected chi connectivity index (χ4v) is 1.92. The quantitative estimate of drug-likeness (QED) is 0.507. The van der Waals surface area contributed by atoms with E-state index in [-0.39, 0.29) is 0 Å². The molecule has 0 amide bonds. The van der Waals surface area contributed by atoms with E-state index in [0.717, 1.165) is 5.92 Å². The first-order valence-corrected chi connectivity index (χ1v) is 4.28. The van der Waals surface area contributed by atoms with Crippen LogP contribution in [0.5, 0.6) is 0 Å². The van der Waals surface area contributed by atoms with E-state index in [4.69, 9.17) is 12.2 Å². The van der Waals surface area contributed by atoms with Gasteiger partial charge in [-0.3, -0.25) is 0 Å². The molecule has 9 heavy (non-hydrogen) atoms. The highest BCUT2D eigenvalue weighted by atomic mass is 32.1. The van der Waals surface area contributed by atoms with Gasteiger partial charge in [-0.2, -0.15) is 0 Å². The predicted octanol–water partition coefficient (Wildman–Crippen LogP) is 2.96. The van der Waals surface area contributed by atoms with Crippen molar-refractivity contribution in [3.05, 3.63) is 0 Å². The van der Waals surface area contributed by atoms with E-state index in [2.05, 4.69) is 6.92 Å². The lowest BCUT2D eigenvalue weighted by Gasteiger charge is -2.20. The van der Waals surface area contributed by atoms with E-state index >= 15 is 0 Å². The molecule has 52 valence electrons. The van der Waals surface area contributed by atoms with Crippen LogP contribution in [0.2, 0.25) is 0 Å². The summed E-state index contributed by atoms with van der Waals surface area (Å²) in [6, 6.07) is 0. The van der Waals surface area contributed by atoms with Gasteiger partial charge in [0.1, 0.15) is 0 Å². The molecule has 0 nitrogen and oxygen atoms in total. The monoisotopic (exact) mass is 142 g/mol. The summed E-state index contributed by atoms with van der Waals surface area (Å²) in [4.78, 5) is 1.34. The average Bonchev–Trinajstić information content (AvgIpc) is 1.89. The first kappa shape index (κ1) is 7.20. The van der Waals surface area contributed by atoms with Gasteiger partial charge in [-0.05, 0) is 36.5 Å². The molecule has 1 rings (SSSR count). The molecule has 0 aliphatic heterocycles. The zero-order chi connectivity index (χ0) is 6.69. The van der Waals surface area contributed by atoms with Gasteiger partial charge in [0, 0.05) is 0 Å². The van der Waals surface area contributed by atoms with Crippen LogP contribution in [0.15, 0.2) is 0 Å². The molecule has 0 bridgehead atoms. The summed E-state index contributed by atoms with van der Waals surface area (Å²) in [6.45, 7) is 2.24. The van der Waals surface area contributed by atoms with E-state index in [1.807, 2.05) is 0 Å². The molecule has 0 saturated heterocycles. The van der Waals surface area contributed by atoms with Crippen molar-refractivity contribution in [3.8, 4) is 0 Å². The summed E-state index contributed by atoms with van der Waals surface area (Å²) in [7, 11) is 0. The van der Waals surface area contributed by atoms with Crippen LogP contribution in [0.25, 0.3) is 0 Å². The minimum atomic E-state index is 0.786. The Morgan fingerprint density at radius 2 is 2.33 bits per heavy atom. The number of rotatable bonds is 1. The maximum absolute atomic E-state index is 5.23. The van der Waals surface area contributed by atoms with Gasteiger partial charge in [-0.15, -0.1) is 0 Å². The van der Waals surface area contributed by atoms with Crippen LogP contribution in [0, 0.1) is 5.92 Å². The normalized spacial score (nSPS) is 28.6. The minimum Gasteiger partial charge on any atom is -0.0894 e. The van der Waals surface area contributed by atoms with Gasteiger partial charge < -0.3 is 0 Å². The van der Waals surface area contributed by atoms with Gasteiger partial charge in [0.15, 0.2) is 0 Å². The zero-order valence-electron chi connectivity index (χ0n) is 6.02. The third-order valence-corrected chi connectivity index (χ3v) is 2.71. The Kier molecular flexibility index (Phi) is 2.65. The highest BCUT2D eigenvalue weighted by Crippen LogP contribution is 2.23. The van der Waals surface area contributed by atoms with Crippen LogP contribution in [-0.4, -0.2) is 4.86 Å². The maximum atomic E-state index is 5.23. The molecule has 1 unspecified atom stereocenters. The molecule has 0 spiro atoms. The van der Waals surface area contributed by atoms with E-state index in [1.54, 1.807) is 0 Å². The van der Waals surface area contributed by atoms with Crippen molar-refractivity contribution in [2.75, 3.05) is 0 Å². The molecule has 1 heteroatoms. The van der Waals surface area contributed by atoms with Gasteiger partial charge >= 0.3 is 0 Å². The smallest absolute Gasteiger partial charge is 0.00407 e. The third kappa shape index (κ3) is 1.75. The standard InChI is InChI=1S/C8H14S/c1-2-7-5-3-4-6-8(7)9/h7H,2-6H2,1H3. The van der Waals surface area contributed by atoms with Gasteiger partial charge in [0.2, 0.25) is 0 Å². The van der Waals surface area contributed by atoms with Crippen molar-refractivity contribution in [1.82, 2.24) is 0 Å². The van der Waals surface area contributed by atoms with Crippen LogP contribution >= 0.6 is 12.2 Å². The van der Waals surface area contributed by atoms with E-state index in [9.17, 15) is 0 Å². The fourth-order valence-electron chi connectivity index (χ4n) is 1.49. The summed E-state index contributed by atoms with van der Waals surface area (Å²) in [5.74, 6) is 0.786. The molecule has 0 heterocycles. The largest absolute Gasteiger partial charge is 0.0894 e. The van der Waals surface area contributed by atoms with E-state index < -0.39 is 0 Å². The predicted molar refractivity (Wildman–Crippen MR) is 44.8 cm³/mol. The third-order valence-electron chi connectivity index (χ3n) is 2.17. The summed E-state index contributed by atoms with van der Waals surface area (Å²) in [5, 5.41) is 0. The summed E-state index contributed by atoms with van der Waals surface area (Å²) < 4.78 is 0. The fraction of sp³-hybridized carbons (Fsp3) is 0.875. The highest BCUT2D eigenvalue weighted by Gasteiger charge is 2.15. The van der Waals surface area contributed by atoms with Gasteiger partial charge in [-0.1, -0.05) is 25.6 Å². The molecule has 0 radical (unpaired) electrons. The van der Waals surface area contributed by atoms with Gasteiger partial charge in [0.25, 0.3) is 0 Å². The van der Waals surface area contributed by atoms with Crippen molar-refractivity contribution in [2.24, 2.45) is 5.92 Å². The second kappa shape index (κ2) is 3.31. The van der Waals surface area contributed by atoms with Crippen LogP contribution < -0.4 is 0 Å². The summed E-state index contributed by atoms with van der Waals surface area (Å²) >= 11 is 5.23. The van der Waals surface area contributed by atoms with Crippen molar-refractivity contribution < 1.29 is 0 Å². The Labute approximate surface area is 62.6 Å². The minimum absolute atomic E-state index is 0.786. The molecule has 1 fully saturated rings. The summed E-state index contributed by atoms with van der Waals surface area (Å²) in [5.41, 5.74) is 0. The first-order chi connectivity index (χ1) is 4.34. The molecule has 0 aromatic rings. The number of hydrogen-bond donors (Lipinski definition) is 0. The molecule has 0 aromatic carbocycles. The van der Waals surface area contributed by atoms with Crippen molar-refractivity contribution in [2.45, 2.75) is 39.0 Å². The van der Waals surface area contributed by atoms with Crippen LogP contribution in [0.4, 0.5) is 0 Å². The molecule has 1 aliphatic rings.